The van der Waals surface area contributed by atoms with Gasteiger partial charge in [0.05, 0.1) is 19.2 Å². The van der Waals surface area contributed by atoms with Gasteiger partial charge >= 0.3 is 0 Å². The smallest absolute Gasteiger partial charge is 0.226 e. The van der Waals surface area contributed by atoms with E-state index < -0.39 is 0 Å². The van der Waals surface area contributed by atoms with E-state index in [1.807, 2.05) is 40.2 Å². The van der Waals surface area contributed by atoms with E-state index in [0.717, 1.165) is 34.1 Å². The summed E-state index contributed by atoms with van der Waals surface area (Å²) in [6, 6.07) is 8.19. The average Bonchev–Trinajstić information content (AvgIpc) is 3.26. The summed E-state index contributed by atoms with van der Waals surface area (Å²) in [4.78, 5) is 18.2. The first kappa shape index (κ1) is 18.0. The summed E-state index contributed by atoms with van der Waals surface area (Å²) in [7, 11) is 1.66. The van der Waals surface area contributed by atoms with E-state index in [0.29, 0.717) is 18.4 Å². The molecular weight excluding hydrogens is 358 g/mol. The molecule has 6 heteroatoms. The highest BCUT2D eigenvalue weighted by atomic mass is 32.1. The molecule has 1 N–H and O–H groups in total. The molecule has 0 bridgehead atoms. The Hall–Kier alpha value is -2.34. The zero-order valence-corrected chi connectivity index (χ0v) is 16.6. The minimum atomic E-state index is 0.102. The molecule has 2 heterocycles. The van der Waals surface area contributed by atoms with E-state index in [1.165, 1.54) is 19.3 Å². The van der Waals surface area contributed by atoms with E-state index in [4.69, 9.17) is 9.72 Å². The monoisotopic (exact) mass is 383 g/mol. The van der Waals surface area contributed by atoms with Gasteiger partial charge in [0.25, 0.3) is 0 Å². The van der Waals surface area contributed by atoms with Crippen molar-refractivity contribution in [2.45, 2.75) is 45.1 Å². The quantitative estimate of drug-likeness (QED) is 0.714. The van der Waals surface area contributed by atoms with Crippen molar-refractivity contribution in [3.63, 3.8) is 0 Å². The molecule has 0 radical (unpaired) electrons. The predicted molar refractivity (Wildman–Crippen MR) is 108 cm³/mol. The van der Waals surface area contributed by atoms with E-state index in [1.54, 1.807) is 18.4 Å². The van der Waals surface area contributed by atoms with Crippen LogP contribution in [-0.2, 0) is 11.2 Å². The normalized spacial score (nSPS) is 19.9. The number of hydrogen-bond acceptors (Lipinski definition) is 4. The Morgan fingerprint density at radius 1 is 1.37 bits per heavy atom. The minimum Gasteiger partial charge on any atom is -0.497 e. The lowest BCUT2D eigenvalue weighted by Crippen LogP contribution is -2.41. The molecule has 2 aromatic heterocycles. The molecule has 5 nitrogen and oxygen atoms in total. The summed E-state index contributed by atoms with van der Waals surface area (Å²) >= 11 is 1.57. The number of rotatable bonds is 5. The lowest BCUT2D eigenvalue weighted by atomic mass is 9.86. The van der Waals surface area contributed by atoms with Gasteiger partial charge in [-0.25, -0.2) is 4.98 Å². The fourth-order valence-corrected chi connectivity index (χ4v) is 4.70. The standard InChI is InChI=1S/C21H25N3O2S/c1-14-6-3-4-9-18(14)22-20(25)11-16-13-27-21-23-19(12-24(16)21)15-7-5-8-17(10-15)26-2/h5,7-8,10,12-14,18H,3-4,6,9,11H2,1-2H3,(H,22,25). The molecule has 4 rings (SSSR count). The largest absolute Gasteiger partial charge is 0.497 e. The Bertz CT molecular complexity index is 946. The highest BCUT2D eigenvalue weighted by molar-refractivity contribution is 7.15. The van der Waals surface area contributed by atoms with Crippen LogP contribution in [0.25, 0.3) is 16.2 Å². The van der Waals surface area contributed by atoms with Crippen molar-refractivity contribution in [3.05, 3.63) is 41.5 Å². The topological polar surface area (TPSA) is 55.6 Å². The molecule has 142 valence electrons. The van der Waals surface area contributed by atoms with Gasteiger partial charge in [0.2, 0.25) is 5.91 Å². The molecule has 0 aliphatic heterocycles. The number of carbonyl (C=O) groups excluding carboxylic acids is 1. The summed E-state index contributed by atoms with van der Waals surface area (Å²) in [6.45, 7) is 2.24. The molecule has 1 fully saturated rings. The zero-order chi connectivity index (χ0) is 18.8. The molecule has 2 unspecified atom stereocenters. The van der Waals surface area contributed by atoms with Crippen molar-refractivity contribution < 1.29 is 9.53 Å². The van der Waals surface area contributed by atoms with Crippen LogP contribution in [0.2, 0.25) is 0 Å². The number of benzene rings is 1. The minimum absolute atomic E-state index is 0.102. The molecule has 0 saturated heterocycles. The Labute approximate surface area is 163 Å². The third-order valence-corrected chi connectivity index (χ3v) is 6.34. The zero-order valence-electron chi connectivity index (χ0n) is 15.8. The van der Waals surface area contributed by atoms with E-state index >= 15 is 0 Å². The van der Waals surface area contributed by atoms with Crippen molar-refractivity contribution in [3.8, 4) is 17.0 Å². The van der Waals surface area contributed by atoms with Crippen LogP contribution in [0.3, 0.4) is 0 Å². The van der Waals surface area contributed by atoms with Crippen molar-refractivity contribution >= 4 is 22.2 Å². The van der Waals surface area contributed by atoms with Gasteiger partial charge in [0.15, 0.2) is 4.96 Å². The molecule has 1 aliphatic carbocycles. The average molecular weight is 384 g/mol. The van der Waals surface area contributed by atoms with Gasteiger partial charge in [-0.1, -0.05) is 31.9 Å². The number of methoxy groups -OCH3 is 1. The van der Waals surface area contributed by atoms with Crippen LogP contribution in [-0.4, -0.2) is 28.4 Å². The van der Waals surface area contributed by atoms with Crippen LogP contribution in [0.5, 0.6) is 5.75 Å². The maximum atomic E-state index is 12.6. The summed E-state index contributed by atoms with van der Waals surface area (Å²) < 4.78 is 7.34. The lowest BCUT2D eigenvalue weighted by molar-refractivity contribution is -0.121. The maximum Gasteiger partial charge on any atom is 0.226 e. The van der Waals surface area contributed by atoms with Gasteiger partial charge in [0, 0.05) is 28.9 Å². The Morgan fingerprint density at radius 2 is 2.22 bits per heavy atom. The molecule has 27 heavy (non-hydrogen) atoms. The van der Waals surface area contributed by atoms with Gasteiger partial charge < -0.3 is 10.1 Å². The van der Waals surface area contributed by atoms with Crippen LogP contribution in [0.15, 0.2) is 35.8 Å². The highest BCUT2D eigenvalue weighted by Gasteiger charge is 2.23. The van der Waals surface area contributed by atoms with Gasteiger partial charge in [-0.15, -0.1) is 11.3 Å². The Kier molecular flexibility index (Phi) is 5.16. The van der Waals surface area contributed by atoms with Crippen LogP contribution in [0, 0.1) is 5.92 Å². The molecule has 1 amide bonds. The SMILES string of the molecule is COc1cccc(-c2cn3c(CC(=O)NC4CCCCC4C)csc3n2)c1. The fraction of sp³-hybridized carbons (Fsp3) is 0.429. The third kappa shape index (κ3) is 3.86. The third-order valence-electron chi connectivity index (χ3n) is 5.45. The Morgan fingerprint density at radius 3 is 3.04 bits per heavy atom. The number of thiazole rings is 1. The van der Waals surface area contributed by atoms with Gasteiger partial charge in [-0.2, -0.15) is 0 Å². The van der Waals surface area contributed by atoms with Crippen LogP contribution >= 0.6 is 11.3 Å². The first-order valence-electron chi connectivity index (χ1n) is 9.53. The van der Waals surface area contributed by atoms with E-state index in [2.05, 4.69) is 12.2 Å². The highest BCUT2D eigenvalue weighted by Crippen LogP contribution is 2.27. The molecular formula is C21H25N3O2S. The molecule has 2 atom stereocenters. The molecule has 1 aliphatic rings. The molecule has 1 saturated carbocycles. The number of aromatic nitrogens is 2. The number of imidazole rings is 1. The molecule has 0 spiro atoms. The van der Waals surface area contributed by atoms with Crippen LogP contribution < -0.4 is 10.1 Å². The van der Waals surface area contributed by atoms with Gasteiger partial charge in [0.1, 0.15) is 5.75 Å². The number of nitrogens with one attached hydrogen (secondary N) is 1. The van der Waals surface area contributed by atoms with Crippen LogP contribution in [0.1, 0.15) is 38.3 Å². The number of carbonyl (C=O) groups is 1. The van der Waals surface area contributed by atoms with Crippen molar-refractivity contribution in [1.82, 2.24) is 14.7 Å². The Balaban J connectivity index is 1.51. The maximum absolute atomic E-state index is 12.6. The van der Waals surface area contributed by atoms with Crippen molar-refractivity contribution in [1.29, 1.82) is 0 Å². The van der Waals surface area contributed by atoms with E-state index in [9.17, 15) is 4.79 Å². The number of nitrogens with zero attached hydrogens (tertiary/aromatic N) is 2. The van der Waals surface area contributed by atoms with Crippen molar-refractivity contribution in [2.24, 2.45) is 5.92 Å². The summed E-state index contributed by atoms with van der Waals surface area (Å²) in [5, 5.41) is 5.27. The fourth-order valence-electron chi connectivity index (χ4n) is 3.83. The molecule has 1 aromatic carbocycles. The lowest BCUT2D eigenvalue weighted by Gasteiger charge is -2.29. The predicted octanol–water partition coefficient (Wildman–Crippen LogP) is 4.31. The van der Waals surface area contributed by atoms with Gasteiger partial charge in [-0.3, -0.25) is 9.20 Å². The second-order valence-corrected chi connectivity index (χ2v) is 8.19. The summed E-state index contributed by atoms with van der Waals surface area (Å²) in [5.41, 5.74) is 2.89. The van der Waals surface area contributed by atoms with Gasteiger partial charge in [-0.05, 0) is 30.9 Å². The number of ether oxygens (including phenoxy) is 1. The van der Waals surface area contributed by atoms with E-state index in [-0.39, 0.29) is 5.91 Å². The second-order valence-electron chi connectivity index (χ2n) is 7.35. The first-order valence-corrected chi connectivity index (χ1v) is 10.4. The first-order chi connectivity index (χ1) is 13.1. The summed E-state index contributed by atoms with van der Waals surface area (Å²) in [6.07, 6.45) is 7.18. The number of hydrogen-bond donors (Lipinski definition) is 1. The van der Waals surface area contributed by atoms with Crippen LogP contribution in [0.4, 0.5) is 0 Å². The summed E-state index contributed by atoms with van der Waals surface area (Å²) in [5.74, 6) is 1.48. The number of amides is 1. The molecule has 3 aromatic rings. The second kappa shape index (κ2) is 7.72. The number of fused-ring (bicyclic) bond motifs is 1. The van der Waals surface area contributed by atoms with Crippen molar-refractivity contribution in [2.75, 3.05) is 7.11 Å².